The van der Waals surface area contributed by atoms with Gasteiger partial charge in [-0.2, -0.15) is 0 Å². The lowest BCUT2D eigenvalue weighted by atomic mass is 10.1. The second-order valence-corrected chi connectivity index (χ2v) is 4.04. The van der Waals surface area contributed by atoms with Crippen LogP contribution in [0.15, 0.2) is 6.07 Å². The molecule has 0 aliphatic carbocycles. The Morgan fingerprint density at radius 2 is 2.28 bits per heavy atom. The van der Waals surface area contributed by atoms with Gasteiger partial charge in [0.25, 0.3) is 6.43 Å². The van der Waals surface area contributed by atoms with Crippen molar-refractivity contribution in [2.24, 2.45) is 0 Å². The molecule has 4 nitrogen and oxygen atoms in total. The largest absolute Gasteiger partial charge is 0.466 e. The van der Waals surface area contributed by atoms with Crippen LogP contribution in [0.4, 0.5) is 14.5 Å². The summed E-state index contributed by atoms with van der Waals surface area (Å²) in [6.07, 6.45) is -2.77. The summed E-state index contributed by atoms with van der Waals surface area (Å²) < 4.78 is 30.3. The third-order valence-corrected chi connectivity index (χ3v) is 2.73. The fourth-order valence-corrected chi connectivity index (χ4v) is 1.92. The molecular formula is C11H13BrF2N2O2. The molecule has 1 rings (SSSR count). The van der Waals surface area contributed by atoms with Crippen molar-refractivity contribution in [3.05, 3.63) is 23.0 Å². The molecule has 2 N–H and O–H groups in total. The van der Waals surface area contributed by atoms with Crippen molar-refractivity contribution < 1.29 is 18.3 Å². The van der Waals surface area contributed by atoms with Crippen LogP contribution in [0, 0.1) is 0 Å². The van der Waals surface area contributed by atoms with Crippen LogP contribution in [0.2, 0.25) is 0 Å². The van der Waals surface area contributed by atoms with Crippen molar-refractivity contribution in [2.45, 2.75) is 25.1 Å². The van der Waals surface area contributed by atoms with E-state index >= 15 is 0 Å². The van der Waals surface area contributed by atoms with Gasteiger partial charge in [0, 0.05) is 11.0 Å². The molecule has 0 saturated heterocycles. The first-order valence-corrected chi connectivity index (χ1v) is 6.39. The van der Waals surface area contributed by atoms with E-state index in [0.29, 0.717) is 5.69 Å². The predicted molar refractivity (Wildman–Crippen MR) is 66.6 cm³/mol. The number of rotatable bonds is 5. The van der Waals surface area contributed by atoms with Crippen LogP contribution in [0.1, 0.15) is 30.3 Å². The molecule has 0 aliphatic heterocycles. The summed E-state index contributed by atoms with van der Waals surface area (Å²) in [5.74, 6) is -0.463. The van der Waals surface area contributed by atoms with Gasteiger partial charge in [-0.05, 0) is 13.0 Å². The molecule has 0 bridgehead atoms. The Balaban J connectivity index is 3.03. The molecule has 0 radical (unpaired) electrons. The average Bonchev–Trinajstić information content (AvgIpc) is 2.27. The van der Waals surface area contributed by atoms with Crippen LogP contribution in [0.25, 0.3) is 0 Å². The summed E-state index contributed by atoms with van der Waals surface area (Å²) in [5, 5.41) is 0.146. The zero-order valence-corrected chi connectivity index (χ0v) is 11.3. The Kier molecular flexibility index (Phi) is 5.46. The van der Waals surface area contributed by atoms with Crippen molar-refractivity contribution >= 4 is 27.6 Å². The molecule has 0 unspecified atom stereocenters. The highest BCUT2D eigenvalue weighted by Gasteiger charge is 2.19. The number of carbonyl (C=O) groups excluding carboxylic acids is 1. The molecule has 0 fully saturated rings. The van der Waals surface area contributed by atoms with Gasteiger partial charge in [-0.3, -0.25) is 9.78 Å². The standard InChI is InChI=1S/C11H13BrF2N2O2/c1-2-18-9(17)4-6-3-7(15)10(11(13)14)8(5-12)16-6/h3,11H,2,4-5H2,1H3,(H2,15,16). The number of nitrogens with two attached hydrogens (primary N) is 1. The first kappa shape index (κ1) is 14.8. The average molecular weight is 323 g/mol. The van der Waals surface area contributed by atoms with Gasteiger partial charge in [-0.15, -0.1) is 0 Å². The van der Waals surface area contributed by atoms with Gasteiger partial charge in [-0.1, -0.05) is 15.9 Å². The normalized spacial score (nSPS) is 10.7. The fourth-order valence-electron chi connectivity index (χ4n) is 1.49. The summed E-state index contributed by atoms with van der Waals surface area (Å²) in [5.41, 5.74) is 5.67. The van der Waals surface area contributed by atoms with E-state index in [1.54, 1.807) is 6.92 Å². The van der Waals surface area contributed by atoms with Crippen LogP contribution >= 0.6 is 15.9 Å². The van der Waals surface area contributed by atoms with Gasteiger partial charge in [0.2, 0.25) is 0 Å². The van der Waals surface area contributed by atoms with Gasteiger partial charge in [-0.25, -0.2) is 8.78 Å². The number of nitrogens with zero attached hydrogens (tertiary/aromatic N) is 1. The minimum absolute atomic E-state index is 0.0613. The maximum atomic E-state index is 12.8. The summed E-state index contributed by atoms with van der Waals surface area (Å²) in [6.45, 7) is 1.94. The smallest absolute Gasteiger partial charge is 0.311 e. The molecule has 7 heteroatoms. The summed E-state index contributed by atoms with van der Waals surface area (Å²) >= 11 is 3.07. The fraction of sp³-hybridized carbons (Fsp3) is 0.455. The first-order valence-electron chi connectivity index (χ1n) is 5.27. The van der Waals surface area contributed by atoms with E-state index < -0.39 is 12.4 Å². The molecule has 1 aromatic rings. The van der Waals surface area contributed by atoms with Gasteiger partial charge in [0.05, 0.1) is 30.0 Å². The Bertz CT molecular complexity index is 441. The molecule has 18 heavy (non-hydrogen) atoms. The molecule has 1 aromatic heterocycles. The van der Waals surface area contributed by atoms with Gasteiger partial charge >= 0.3 is 5.97 Å². The molecule has 1 heterocycles. The van der Waals surface area contributed by atoms with Crippen LogP contribution < -0.4 is 5.73 Å². The summed E-state index contributed by atoms with van der Waals surface area (Å²) in [7, 11) is 0. The molecule has 0 amide bonds. The highest BCUT2D eigenvalue weighted by atomic mass is 79.9. The summed E-state index contributed by atoms with van der Waals surface area (Å²) in [6, 6.07) is 1.28. The van der Waals surface area contributed by atoms with Crippen molar-refractivity contribution in [1.82, 2.24) is 4.98 Å². The van der Waals surface area contributed by atoms with E-state index in [1.807, 2.05) is 0 Å². The van der Waals surface area contributed by atoms with Crippen molar-refractivity contribution in [3.63, 3.8) is 0 Å². The van der Waals surface area contributed by atoms with Crippen molar-refractivity contribution in [1.29, 1.82) is 0 Å². The third kappa shape index (κ3) is 3.63. The van der Waals surface area contributed by atoms with Gasteiger partial charge in [0.15, 0.2) is 0 Å². The second-order valence-electron chi connectivity index (χ2n) is 3.48. The number of alkyl halides is 3. The lowest BCUT2D eigenvalue weighted by Crippen LogP contribution is -2.11. The number of aromatic nitrogens is 1. The van der Waals surface area contributed by atoms with E-state index in [1.165, 1.54) is 6.07 Å². The molecule has 0 atom stereocenters. The minimum atomic E-state index is -2.69. The number of anilines is 1. The van der Waals surface area contributed by atoms with Crippen LogP contribution in [0.3, 0.4) is 0 Å². The number of carbonyl (C=O) groups is 1. The number of hydrogen-bond donors (Lipinski definition) is 1. The first-order chi connectivity index (χ1) is 8.49. The number of esters is 1. The zero-order chi connectivity index (χ0) is 13.7. The summed E-state index contributed by atoms with van der Waals surface area (Å²) in [4.78, 5) is 15.3. The monoisotopic (exact) mass is 322 g/mol. The Hall–Kier alpha value is -1.24. The van der Waals surface area contributed by atoms with Crippen LogP contribution in [-0.2, 0) is 21.3 Å². The van der Waals surface area contributed by atoms with Gasteiger partial charge < -0.3 is 10.5 Å². The van der Waals surface area contributed by atoms with Crippen molar-refractivity contribution in [3.8, 4) is 0 Å². The van der Waals surface area contributed by atoms with Crippen molar-refractivity contribution in [2.75, 3.05) is 12.3 Å². The molecule has 0 spiro atoms. The van der Waals surface area contributed by atoms with E-state index in [9.17, 15) is 13.6 Å². The van der Waals surface area contributed by atoms with E-state index in [2.05, 4.69) is 20.9 Å². The molecule has 0 aromatic carbocycles. The van der Waals surface area contributed by atoms with Crippen LogP contribution in [-0.4, -0.2) is 17.6 Å². The second kappa shape index (κ2) is 6.63. The number of ether oxygens (including phenoxy) is 1. The SMILES string of the molecule is CCOC(=O)Cc1cc(N)c(C(F)F)c(CBr)n1. The van der Waals surface area contributed by atoms with E-state index in [4.69, 9.17) is 10.5 Å². The Morgan fingerprint density at radius 1 is 1.61 bits per heavy atom. The third-order valence-electron chi connectivity index (χ3n) is 2.20. The molecule has 100 valence electrons. The predicted octanol–water partition coefficient (Wildman–Crippen LogP) is 2.60. The maximum absolute atomic E-state index is 12.8. The molecule has 0 saturated carbocycles. The minimum Gasteiger partial charge on any atom is -0.466 e. The zero-order valence-electron chi connectivity index (χ0n) is 9.75. The Labute approximate surface area is 112 Å². The number of pyridine rings is 1. The highest BCUT2D eigenvalue weighted by molar-refractivity contribution is 9.08. The topological polar surface area (TPSA) is 65.2 Å². The van der Waals surface area contributed by atoms with Gasteiger partial charge in [0.1, 0.15) is 0 Å². The van der Waals surface area contributed by atoms with E-state index in [-0.39, 0.29) is 35.3 Å². The number of hydrogen-bond acceptors (Lipinski definition) is 4. The number of nitrogen functional groups attached to an aromatic ring is 1. The lowest BCUT2D eigenvalue weighted by molar-refractivity contribution is -0.142. The highest BCUT2D eigenvalue weighted by Crippen LogP contribution is 2.29. The molecule has 0 aliphatic rings. The number of halogens is 3. The maximum Gasteiger partial charge on any atom is 0.311 e. The molecular weight excluding hydrogens is 310 g/mol. The lowest BCUT2D eigenvalue weighted by Gasteiger charge is -2.11. The van der Waals surface area contributed by atoms with E-state index in [0.717, 1.165) is 0 Å². The van der Waals surface area contributed by atoms with Crippen LogP contribution in [0.5, 0.6) is 0 Å². The quantitative estimate of drug-likeness (QED) is 0.668. The Morgan fingerprint density at radius 3 is 2.78 bits per heavy atom.